The number of aromatic nitrogens is 2. The molecular weight excluding hydrogens is 430 g/mol. The largest absolute Gasteiger partial charge is 0.320 e. The molecule has 1 aliphatic rings. The number of imidazole rings is 1. The summed E-state index contributed by atoms with van der Waals surface area (Å²) in [5.74, 6) is 1.07. The molecule has 5 nitrogen and oxygen atoms in total. The van der Waals surface area contributed by atoms with E-state index in [1.807, 2.05) is 24.3 Å². The van der Waals surface area contributed by atoms with Gasteiger partial charge in [0.1, 0.15) is 5.82 Å². The summed E-state index contributed by atoms with van der Waals surface area (Å²) < 4.78 is 27.7. The number of hydrogen-bond acceptors (Lipinski definition) is 3. The normalized spacial score (nSPS) is 18.3. The van der Waals surface area contributed by atoms with Crippen molar-refractivity contribution in [1.82, 2.24) is 13.9 Å². The fourth-order valence-corrected chi connectivity index (χ4v) is 5.17. The molecule has 0 bridgehead atoms. The first kappa shape index (κ1) is 22.1. The van der Waals surface area contributed by atoms with Gasteiger partial charge in [-0.25, -0.2) is 17.7 Å². The van der Waals surface area contributed by atoms with E-state index in [0.29, 0.717) is 19.6 Å². The van der Waals surface area contributed by atoms with E-state index in [1.54, 1.807) is 4.31 Å². The molecule has 0 aliphatic carbocycles. The second-order valence-corrected chi connectivity index (χ2v) is 10.9. The SMILES string of the molecule is Cc1cc2nc(/C=C/C3CCCN(S(C)(=O)=O)C3)n(Cc3ccc(Cl)cc3)c2cc1C. The number of nitrogens with zero attached hydrogens (tertiary/aromatic N) is 3. The molecule has 7 heteroatoms. The standard InChI is InChI=1S/C24H28ClN3O2S/c1-17-13-22-23(14-18(17)2)28(16-20-6-9-21(25)10-7-20)24(26-22)11-8-19-5-4-12-27(15-19)31(3,29)30/h6-11,13-14,19H,4-5,12,15-16H2,1-3H3/b11-8+. The molecule has 0 N–H and O–H groups in total. The molecule has 164 valence electrons. The molecule has 1 aliphatic heterocycles. The Hall–Kier alpha value is -2.15. The Bertz CT molecular complexity index is 1230. The Morgan fingerprint density at radius 3 is 2.58 bits per heavy atom. The molecule has 0 radical (unpaired) electrons. The van der Waals surface area contributed by atoms with Crippen LogP contribution in [0.3, 0.4) is 0 Å². The highest BCUT2D eigenvalue weighted by Crippen LogP contribution is 2.25. The number of piperidine rings is 1. The molecule has 0 saturated carbocycles. The first-order valence-corrected chi connectivity index (χ1v) is 12.8. The fraction of sp³-hybridized carbons (Fsp3) is 0.375. The van der Waals surface area contributed by atoms with Gasteiger partial charge in [-0.05, 0) is 79.6 Å². The molecule has 1 aromatic heterocycles. The van der Waals surface area contributed by atoms with Crippen molar-refractivity contribution in [2.24, 2.45) is 5.92 Å². The van der Waals surface area contributed by atoms with Gasteiger partial charge >= 0.3 is 0 Å². The Kier molecular flexibility index (Phi) is 6.24. The molecule has 31 heavy (non-hydrogen) atoms. The van der Waals surface area contributed by atoms with Gasteiger partial charge in [0.15, 0.2) is 0 Å². The lowest BCUT2D eigenvalue weighted by Gasteiger charge is -2.29. The van der Waals surface area contributed by atoms with Crippen LogP contribution in [0.2, 0.25) is 5.02 Å². The number of aryl methyl sites for hydroxylation is 2. The van der Waals surface area contributed by atoms with Gasteiger partial charge in [-0.15, -0.1) is 0 Å². The Balaban J connectivity index is 1.69. The lowest BCUT2D eigenvalue weighted by Crippen LogP contribution is -2.38. The van der Waals surface area contributed by atoms with E-state index in [0.717, 1.165) is 40.3 Å². The third kappa shape index (κ3) is 5.03. The van der Waals surface area contributed by atoms with Crippen LogP contribution in [-0.4, -0.2) is 41.6 Å². The van der Waals surface area contributed by atoms with Crippen LogP contribution in [0.5, 0.6) is 0 Å². The van der Waals surface area contributed by atoms with Gasteiger partial charge in [0, 0.05) is 24.7 Å². The maximum absolute atomic E-state index is 11.9. The van der Waals surface area contributed by atoms with Crippen molar-refractivity contribution in [3.8, 4) is 0 Å². The Labute approximate surface area is 189 Å². The van der Waals surface area contributed by atoms with E-state index in [4.69, 9.17) is 16.6 Å². The highest BCUT2D eigenvalue weighted by atomic mass is 35.5. The van der Waals surface area contributed by atoms with Crippen LogP contribution in [-0.2, 0) is 16.6 Å². The minimum atomic E-state index is -3.16. The molecule has 0 amide bonds. The van der Waals surface area contributed by atoms with E-state index in [-0.39, 0.29) is 5.92 Å². The number of benzene rings is 2. The lowest BCUT2D eigenvalue weighted by molar-refractivity contribution is 0.303. The van der Waals surface area contributed by atoms with Gasteiger partial charge in [-0.3, -0.25) is 0 Å². The second-order valence-electron chi connectivity index (χ2n) is 8.49. The number of halogens is 1. The molecule has 2 heterocycles. The minimum Gasteiger partial charge on any atom is -0.320 e. The van der Waals surface area contributed by atoms with Crippen molar-refractivity contribution in [2.75, 3.05) is 19.3 Å². The Morgan fingerprint density at radius 2 is 1.87 bits per heavy atom. The van der Waals surface area contributed by atoms with Crippen molar-refractivity contribution in [3.63, 3.8) is 0 Å². The summed E-state index contributed by atoms with van der Waals surface area (Å²) in [4.78, 5) is 4.90. The third-order valence-corrected chi connectivity index (χ3v) is 7.58. The molecule has 1 fully saturated rings. The third-order valence-electron chi connectivity index (χ3n) is 6.05. The van der Waals surface area contributed by atoms with Crippen molar-refractivity contribution in [3.05, 3.63) is 70.0 Å². The van der Waals surface area contributed by atoms with Gasteiger partial charge in [0.25, 0.3) is 0 Å². The van der Waals surface area contributed by atoms with Crippen LogP contribution in [0.15, 0.2) is 42.5 Å². The molecule has 3 aromatic rings. The van der Waals surface area contributed by atoms with Crippen LogP contribution in [0, 0.1) is 19.8 Å². The first-order chi connectivity index (χ1) is 14.7. The van der Waals surface area contributed by atoms with Crippen molar-refractivity contribution >= 4 is 38.7 Å². The van der Waals surface area contributed by atoms with Crippen molar-refractivity contribution in [2.45, 2.75) is 33.2 Å². The van der Waals surface area contributed by atoms with Gasteiger partial charge in [0.05, 0.1) is 17.3 Å². The van der Waals surface area contributed by atoms with Gasteiger partial charge < -0.3 is 4.57 Å². The second kappa shape index (κ2) is 8.77. The van der Waals surface area contributed by atoms with Crippen LogP contribution in [0.4, 0.5) is 0 Å². The maximum atomic E-state index is 11.9. The van der Waals surface area contributed by atoms with E-state index in [9.17, 15) is 8.42 Å². The van der Waals surface area contributed by atoms with E-state index < -0.39 is 10.0 Å². The van der Waals surface area contributed by atoms with Crippen LogP contribution in [0.1, 0.15) is 35.4 Å². The number of hydrogen-bond donors (Lipinski definition) is 0. The molecule has 2 aromatic carbocycles. The molecule has 4 rings (SSSR count). The highest BCUT2D eigenvalue weighted by molar-refractivity contribution is 7.88. The minimum absolute atomic E-state index is 0.191. The van der Waals surface area contributed by atoms with E-state index in [1.165, 1.54) is 17.4 Å². The predicted octanol–water partition coefficient (Wildman–Crippen LogP) is 5.04. The van der Waals surface area contributed by atoms with Gasteiger partial charge in [-0.1, -0.05) is 29.8 Å². The van der Waals surface area contributed by atoms with Crippen molar-refractivity contribution in [1.29, 1.82) is 0 Å². The van der Waals surface area contributed by atoms with Gasteiger partial charge in [-0.2, -0.15) is 0 Å². The predicted molar refractivity (Wildman–Crippen MR) is 128 cm³/mol. The first-order valence-electron chi connectivity index (χ1n) is 10.6. The van der Waals surface area contributed by atoms with Crippen LogP contribution < -0.4 is 0 Å². The van der Waals surface area contributed by atoms with E-state index in [2.05, 4.69) is 42.7 Å². The number of sulfonamides is 1. The average Bonchev–Trinajstić information content (AvgIpc) is 3.04. The zero-order chi connectivity index (χ0) is 22.2. The van der Waals surface area contributed by atoms with Crippen LogP contribution in [0.25, 0.3) is 17.1 Å². The maximum Gasteiger partial charge on any atom is 0.211 e. The molecule has 1 saturated heterocycles. The van der Waals surface area contributed by atoms with E-state index >= 15 is 0 Å². The smallest absolute Gasteiger partial charge is 0.211 e. The van der Waals surface area contributed by atoms with Crippen LogP contribution >= 0.6 is 11.6 Å². The summed E-state index contributed by atoms with van der Waals surface area (Å²) in [6, 6.07) is 12.2. The summed E-state index contributed by atoms with van der Waals surface area (Å²) in [6.45, 7) is 6.05. The zero-order valence-electron chi connectivity index (χ0n) is 18.2. The Morgan fingerprint density at radius 1 is 1.16 bits per heavy atom. The fourth-order valence-electron chi connectivity index (χ4n) is 4.12. The number of rotatable bonds is 5. The molecule has 1 unspecified atom stereocenters. The molecule has 0 spiro atoms. The quantitative estimate of drug-likeness (QED) is 0.539. The molecular formula is C24H28ClN3O2S. The monoisotopic (exact) mass is 457 g/mol. The summed E-state index contributed by atoms with van der Waals surface area (Å²) in [7, 11) is -3.16. The average molecular weight is 458 g/mol. The van der Waals surface area contributed by atoms with Gasteiger partial charge in [0.2, 0.25) is 10.0 Å². The summed E-state index contributed by atoms with van der Waals surface area (Å²) in [5, 5.41) is 0.721. The topological polar surface area (TPSA) is 55.2 Å². The lowest BCUT2D eigenvalue weighted by atomic mass is 9.99. The molecule has 1 atom stereocenters. The highest BCUT2D eigenvalue weighted by Gasteiger charge is 2.24. The summed E-state index contributed by atoms with van der Waals surface area (Å²) in [5.41, 5.74) is 5.67. The summed E-state index contributed by atoms with van der Waals surface area (Å²) in [6.07, 6.45) is 7.32. The zero-order valence-corrected chi connectivity index (χ0v) is 19.7. The summed E-state index contributed by atoms with van der Waals surface area (Å²) >= 11 is 6.06. The van der Waals surface area contributed by atoms with Crippen molar-refractivity contribution < 1.29 is 8.42 Å². The number of fused-ring (bicyclic) bond motifs is 1.